The number of nitrogens with one attached hydrogen (secondary N) is 1. The third kappa shape index (κ3) is 3.81. The fourth-order valence-electron chi connectivity index (χ4n) is 1.89. The van der Waals surface area contributed by atoms with Crippen molar-refractivity contribution in [3.05, 3.63) is 76.4 Å². The fraction of sp³-hybridized carbons (Fsp3) is 0.118. The molecule has 1 N–H and O–H groups in total. The van der Waals surface area contributed by atoms with Crippen molar-refractivity contribution in [1.29, 1.82) is 0 Å². The van der Waals surface area contributed by atoms with Crippen molar-refractivity contribution in [1.82, 2.24) is 0 Å². The minimum atomic E-state index is -0.0148. The summed E-state index contributed by atoms with van der Waals surface area (Å²) in [6.45, 7) is 2.11. The van der Waals surface area contributed by atoms with Crippen LogP contribution in [0, 0.1) is 0 Å². The smallest absolute Gasteiger partial charge is 0.187 e. The van der Waals surface area contributed by atoms with Crippen LogP contribution in [-0.2, 0) is 6.42 Å². The molecule has 0 spiro atoms. The highest BCUT2D eigenvalue weighted by atomic mass is 79.9. The summed E-state index contributed by atoms with van der Waals surface area (Å²) in [4.78, 5) is 12.0. The third-order valence-electron chi connectivity index (χ3n) is 3.00. The van der Waals surface area contributed by atoms with Gasteiger partial charge in [-0.2, -0.15) is 0 Å². The second-order valence-corrected chi connectivity index (χ2v) is 5.28. The average molecular weight is 330 g/mol. The Morgan fingerprint density at radius 2 is 1.85 bits per heavy atom. The van der Waals surface area contributed by atoms with Crippen molar-refractivity contribution in [2.24, 2.45) is 0 Å². The standard InChI is InChI=1S/C17H16BrNO/c1-2-13-5-3-4-6-16(13)19-12-11-17(20)14-7-9-15(18)10-8-14/h3-12,19H,2H2,1H3. The highest BCUT2D eigenvalue weighted by Crippen LogP contribution is 2.15. The highest BCUT2D eigenvalue weighted by molar-refractivity contribution is 9.10. The number of anilines is 1. The molecule has 0 amide bonds. The lowest BCUT2D eigenvalue weighted by Crippen LogP contribution is -1.97. The lowest BCUT2D eigenvalue weighted by molar-refractivity contribution is 0.104. The summed E-state index contributed by atoms with van der Waals surface area (Å²) in [5, 5.41) is 3.17. The largest absolute Gasteiger partial charge is 0.361 e. The molecule has 0 saturated carbocycles. The number of rotatable bonds is 5. The molecule has 102 valence electrons. The molecule has 2 rings (SSSR count). The van der Waals surface area contributed by atoms with Crippen molar-refractivity contribution >= 4 is 27.4 Å². The number of hydrogen-bond donors (Lipinski definition) is 1. The molecule has 0 unspecified atom stereocenters. The van der Waals surface area contributed by atoms with Gasteiger partial charge in [-0.25, -0.2) is 0 Å². The van der Waals surface area contributed by atoms with E-state index in [1.54, 1.807) is 24.4 Å². The number of benzene rings is 2. The molecule has 0 aromatic heterocycles. The summed E-state index contributed by atoms with van der Waals surface area (Å²) in [5.74, 6) is -0.0148. The molecule has 0 aliphatic rings. The maximum absolute atomic E-state index is 12.0. The third-order valence-corrected chi connectivity index (χ3v) is 3.53. The van der Waals surface area contributed by atoms with Gasteiger partial charge >= 0.3 is 0 Å². The summed E-state index contributed by atoms with van der Waals surface area (Å²) >= 11 is 3.35. The van der Waals surface area contributed by atoms with Gasteiger partial charge in [-0.05, 0) is 42.3 Å². The fourth-order valence-corrected chi connectivity index (χ4v) is 2.15. The van der Waals surface area contributed by atoms with E-state index < -0.39 is 0 Å². The van der Waals surface area contributed by atoms with Crippen LogP contribution in [0.2, 0.25) is 0 Å². The molecule has 0 radical (unpaired) electrons. The predicted octanol–water partition coefficient (Wildman–Crippen LogP) is 4.82. The number of para-hydroxylation sites is 1. The van der Waals surface area contributed by atoms with E-state index in [1.807, 2.05) is 30.3 Å². The Labute approximate surface area is 127 Å². The molecule has 2 aromatic carbocycles. The molecule has 20 heavy (non-hydrogen) atoms. The van der Waals surface area contributed by atoms with E-state index in [-0.39, 0.29) is 5.78 Å². The van der Waals surface area contributed by atoms with Gasteiger partial charge in [-0.3, -0.25) is 4.79 Å². The lowest BCUT2D eigenvalue weighted by Gasteiger charge is -2.06. The Hall–Kier alpha value is -1.87. The van der Waals surface area contributed by atoms with E-state index in [0.29, 0.717) is 5.56 Å². The first-order valence-electron chi connectivity index (χ1n) is 6.51. The van der Waals surface area contributed by atoms with Crippen LogP contribution < -0.4 is 5.32 Å². The van der Waals surface area contributed by atoms with Crippen molar-refractivity contribution in [3.8, 4) is 0 Å². The number of hydrogen-bond acceptors (Lipinski definition) is 2. The van der Waals surface area contributed by atoms with Gasteiger partial charge in [0.25, 0.3) is 0 Å². The van der Waals surface area contributed by atoms with Crippen LogP contribution in [0.15, 0.2) is 65.3 Å². The minimum Gasteiger partial charge on any atom is -0.361 e. The van der Waals surface area contributed by atoms with Crippen molar-refractivity contribution < 1.29 is 4.79 Å². The molecule has 0 saturated heterocycles. The minimum absolute atomic E-state index is 0.0148. The molecular formula is C17H16BrNO. The predicted molar refractivity (Wildman–Crippen MR) is 87.1 cm³/mol. The van der Waals surface area contributed by atoms with Gasteiger partial charge < -0.3 is 5.32 Å². The van der Waals surface area contributed by atoms with E-state index in [2.05, 4.69) is 34.2 Å². The molecule has 0 aliphatic heterocycles. The van der Waals surface area contributed by atoms with Crippen LogP contribution in [0.1, 0.15) is 22.8 Å². The highest BCUT2D eigenvalue weighted by Gasteiger charge is 2.01. The molecule has 0 atom stereocenters. The average Bonchev–Trinajstić information content (AvgIpc) is 2.48. The van der Waals surface area contributed by atoms with Crippen LogP contribution in [-0.4, -0.2) is 5.78 Å². The van der Waals surface area contributed by atoms with E-state index in [4.69, 9.17) is 0 Å². The van der Waals surface area contributed by atoms with E-state index in [0.717, 1.165) is 16.6 Å². The normalized spacial score (nSPS) is 10.7. The Kier molecular flexibility index (Phi) is 5.13. The van der Waals surface area contributed by atoms with Gasteiger partial charge in [0.1, 0.15) is 0 Å². The second kappa shape index (κ2) is 7.06. The van der Waals surface area contributed by atoms with E-state index in [1.165, 1.54) is 5.56 Å². The van der Waals surface area contributed by atoms with Gasteiger partial charge in [-0.1, -0.05) is 41.1 Å². The van der Waals surface area contributed by atoms with E-state index >= 15 is 0 Å². The zero-order chi connectivity index (χ0) is 14.4. The maximum Gasteiger partial charge on any atom is 0.187 e. The van der Waals surface area contributed by atoms with Gasteiger partial charge in [0.05, 0.1) is 0 Å². The molecule has 2 aromatic rings. The summed E-state index contributed by atoms with van der Waals surface area (Å²) in [6.07, 6.45) is 4.20. The van der Waals surface area contributed by atoms with Crippen LogP contribution in [0.4, 0.5) is 5.69 Å². The topological polar surface area (TPSA) is 29.1 Å². The summed E-state index contributed by atoms with van der Waals surface area (Å²) < 4.78 is 0.966. The molecule has 2 nitrogen and oxygen atoms in total. The van der Waals surface area contributed by atoms with Crippen LogP contribution in [0.5, 0.6) is 0 Å². The second-order valence-electron chi connectivity index (χ2n) is 4.36. The number of halogens is 1. The van der Waals surface area contributed by atoms with Gasteiger partial charge in [-0.15, -0.1) is 0 Å². The number of carbonyl (C=O) groups is 1. The van der Waals surface area contributed by atoms with Crippen LogP contribution in [0.3, 0.4) is 0 Å². The summed E-state index contributed by atoms with van der Waals surface area (Å²) in [7, 11) is 0. The zero-order valence-corrected chi connectivity index (χ0v) is 12.9. The monoisotopic (exact) mass is 329 g/mol. The lowest BCUT2D eigenvalue weighted by atomic mass is 10.1. The Balaban J connectivity index is 2.03. The molecule has 0 heterocycles. The first-order valence-corrected chi connectivity index (χ1v) is 7.31. The number of carbonyl (C=O) groups excluding carboxylic acids is 1. The Morgan fingerprint density at radius 3 is 2.55 bits per heavy atom. The van der Waals surface area contributed by atoms with Crippen LogP contribution in [0.25, 0.3) is 0 Å². The number of allylic oxidation sites excluding steroid dienone is 1. The maximum atomic E-state index is 12.0. The Morgan fingerprint density at radius 1 is 1.15 bits per heavy atom. The SMILES string of the molecule is CCc1ccccc1NC=CC(=O)c1ccc(Br)cc1. The summed E-state index contributed by atoms with van der Waals surface area (Å²) in [6, 6.07) is 15.4. The van der Waals surface area contributed by atoms with Gasteiger partial charge in [0.2, 0.25) is 0 Å². The molecule has 0 aliphatic carbocycles. The number of aryl methyl sites for hydroxylation is 1. The Bertz CT molecular complexity index is 617. The van der Waals surface area contributed by atoms with Gasteiger partial charge in [0, 0.05) is 28.0 Å². The molecular weight excluding hydrogens is 314 g/mol. The first kappa shape index (κ1) is 14.5. The molecule has 0 fully saturated rings. The summed E-state index contributed by atoms with van der Waals surface area (Å²) in [5.41, 5.74) is 2.94. The van der Waals surface area contributed by atoms with Crippen molar-refractivity contribution in [2.75, 3.05) is 5.32 Å². The first-order chi connectivity index (χ1) is 9.70. The zero-order valence-electron chi connectivity index (χ0n) is 11.3. The molecule has 0 bridgehead atoms. The van der Waals surface area contributed by atoms with Gasteiger partial charge in [0.15, 0.2) is 5.78 Å². The molecule has 3 heteroatoms. The van der Waals surface area contributed by atoms with Crippen LogP contribution >= 0.6 is 15.9 Å². The van der Waals surface area contributed by atoms with Crippen molar-refractivity contribution in [2.45, 2.75) is 13.3 Å². The van der Waals surface area contributed by atoms with Crippen molar-refractivity contribution in [3.63, 3.8) is 0 Å². The number of ketones is 1. The van der Waals surface area contributed by atoms with E-state index in [9.17, 15) is 4.79 Å². The quantitative estimate of drug-likeness (QED) is 0.629.